The van der Waals surface area contributed by atoms with Gasteiger partial charge in [-0.05, 0) is 90.0 Å². The second kappa shape index (κ2) is 10.2. The van der Waals surface area contributed by atoms with Crippen LogP contribution in [-0.2, 0) is 0 Å². The van der Waals surface area contributed by atoms with E-state index in [2.05, 4.69) is 93.0 Å². The third kappa shape index (κ3) is 3.89. The van der Waals surface area contributed by atoms with Crippen LogP contribution in [0.25, 0.3) is 88.1 Å². The first-order valence-corrected chi connectivity index (χ1v) is 16.0. The molecule has 4 aromatic heterocycles. The lowest BCUT2D eigenvalue weighted by Gasteiger charge is -2.13. The van der Waals surface area contributed by atoms with Crippen molar-refractivity contribution in [3.63, 3.8) is 0 Å². The molecule has 0 aliphatic heterocycles. The van der Waals surface area contributed by atoms with Crippen molar-refractivity contribution in [1.29, 1.82) is 10.5 Å². The van der Waals surface area contributed by atoms with E-state index in [9.17, 15) is 10.5 Å². The van der Waals surface area contributed by atoms with Gasteiger partial charge in [0.1, 0.15) is 11.2 Å². The summed E-state index contributed by atoms with van der Waals surface area (Å²) >= 11 is 0. The highest BCUT2D eigenvalue weighted by molar-refractivity contribution is 6.23. The average molecular weight is 626 g/mol. The molecule has 10 aromatic rings. The topological polar surface area (TPSA) is 83.5 Å². The summed E-state index contributed by atoms with van der Waals surface area (Å²) in [5, 5.41) is 26.2. The quantitative estimate of drug-likeness (QED) is 0.196. The number of fused-ring (bicyclic) bond motifs is 10. The summed E-state index contributed by atoms with van der Waals surface area (Å²) in [6.07, 6.45) is 3.74. The van der Waals surface area contributed by atoms with Crippen LogP contribution in [0.1, 0.15) is 11.1 Å². The Morgan fingerprint density at radius 1 is 0.510 bits per heavy atom. The zero-order valence-electron chi connectivity index (χ0n) is 25.9. The lowest BCUT2D eigenvalue weighted by Crippen LogP contribution is -1.97. The molecule has 6 nitrogen and oxygen atoms in total. The van der Waals surface area contributed by atoms with E-state index in [0.717, 1.165) is 88.1 Å². The normalized spacial score (nSPS) is 11.6. The van der Waals surface area contributed by atoms with Crippen LogP contribution in [0.4, 0.5) is 0 Å². The Balaban J connectivity index is 1.19. The van der Waals surface area contributed by atoms with E-state index < -0.39 is 0 Å². The average Bonchev–Trinajstić information content (AvgIpc) is 3.82. The molecule has 0 N–H and O–H groups in total. The summed E-state index contributed by atoms with van der Waals surface area (Å²) in [6, 6.07) is 47.5. The summed E-state index contributed by atoms with van der Waals surface area (Å²) in [5.74, 6) is 0. The molecule has 0 atom stereocenters. The molecule has 6 heteroatoms. The van der Waals surface area contributed by atoms with Gasteiger partial charge in [0.15, 0.2) is 0 Å². The molecule has 0 radical (unpaired) electrons. The van der Waals surface area contributed by atoms with Gasteiger partial charge in [0.2, 0.25) is 0 Å². The minimum atomic E-state index is 0.561. The number of benzene rings is 6. The van der Waals surface area contributed by atoms with Crippen molar-refractivity contribution in [3.05, 3.63) is 151 Å². The number of hydrogen-bond donors (Lipinski definition) is 0. The van der Waals surface area contributed by atoms with Gasteiger partial charge in [-0.25, -0.2) is 0 Å². The molecule has 0 fully saturated rings. The van der Waals surface area contributed by atoms with Gasteiger partial charge in [-0.1, -0.05) is 48.5 Å². The van der Waals surface area contributed by atoms with Gasteiger partial charge in [-0.3, -0.25) is 4.98 Å². The standard InChI is InChI=1S/C43H23N5O/c44-23-26-12-14-38-36(20-26)32-8-1-3-10-37(32)48(38)31-19-27(24-45)18-29(22-31)28-6-5-7-30(21-28)47-39-15-13-34-33-9-2-4-11-41(33)49-43(34)42(39)35-16-17-46-25-40(35)47/h1-22,25H. The highest BCUT2D eigenvalue weighted by Crippen LogP contribution is 2.41. The maximum Gasteiger partial charge on any atom is 0.145 e. The SMILES string of the molecule is N#Cc1cc(-c2cccc(-n3c4cnccc4c4c5oc6ccccc6c5ccc43)c2)cc(-n2c3ccccc3c3cc(C#N)ccc32)c1. The van der Waals surface area contributed by atoms with Gasteiger partial charge in [0, 0.05) is 44.5 Å². The van der Waals surface area contributed by atoms with E-state index in [1.54, 1.807) is 0 Å². The summed E-state index contributed by atoms with van der Waals surface area (Å²) in [6.45, 7) is 0. The lowest BCUT2D eigenvalue weighted by atomic mass is 10.0. The molecule has 4 heterocycles. The Kier molecular flexibility index (Phi) is 5.61. The number of hydrogen-bond acceptors (Lipinski definition) is 4. The molecule has 226 valence electrons. The zero-order valence-corrected chi connectivity index (χ0v) is 25.9. The van der Waals surface area contributed by atoms with Gasteiger partial charge < -0.3 is 13.6 Å². The fourth-order valence-electron chi connectivity index (χ4n) is 7.53. The van der Waals surface area contributed by atoms with Crippen LogP contribution >= 0.6 is 0 Å². The minimum Gasteiger partial charge on any atom is -0.455 e. The molecule has 0 unspecified atom stereocenters. The highest BCUT2D eigenvalue weighted by Gasteiger charge is 2.20. The monoisotopic (exact) mass is 625 g/mol. The summed E-state index contributed by atoms with van der Waals surface area (Å²) < 4.78 is 10.9. The molecular formula is C43H23N5O. The van der Waals surface area contributed by atoms with Crippen molar-refractivity contribution < 1.29 is 4.42 Å². The fourth-order valence-corrected chi connectivity index (χ4v) is 7.53. The van der Waals surface area contributed by atoms with Crippen molar-refractivity contribution in [2.75, 3.05) is 0 Å². The van der Waals surface area contributed by atoms with Gasteiger partial charge in [-0.2, -0.15) is 10.5 Å². The van der Waals surface area contributed by atoms with E-state index in [1.165, 1.54) is 0 Å². The summed E-state index contributed by atoms with van der Waals surface area (Å²) in [5.41, 5.74) is 10.7. The summed E-state index contributed by atoms with van der Waals surface area (Å²) in [7, 11) is 0. The van der Waals surface area contributed by atoms with Crippen molar-refractivity contribution in [2.45, 2.75) is 0 Å². The van der Waals surface area contributed by atoms with Crippen molar-refractivity contribution in [1.82, 2.24) is 14.1 Å². The number of furan rings is 1. The van der Waals surface area contributed by atoms with E-state index in [0.29, 0.717) is 11.1 Å². The minimum absolute atomic E-state index is 0.561. The third-order valence-electron chi connectivity index (χ3n) is 9.62. The Labute approximate surface area is 279 Å². The van der Waals surface area contributed by atoms with Crippen molar-refractivity contribution in [2.24, 2.45) is 0 Å². The zero-order chi connectivity index (χ0) is 32.6. The van der Waals surface area contributed by atoms with Crippen LogP contribution in [0.3, 0.4) is 0 Å². The van der Waals surface area contributed by atoms with E-state index >= 15 is 0 Å². The summed E-state index contributed by atoms with van der Waals surface area (Å²) in [4.78, 5) is 4.51. The number of nitrogens with zero attached hydrogens (tertiary/aromatic N) is 5. The fraction of sp³-hybridized carbons (Fsp3) is 0. The maximum absolute atomic E-state index is 10.2. The van der Waals surface area contributed by atoms with Crippen LogP contribution < -0.4 is 0 Å². The van der Waals surface area contributed by atoms with Crippen LogP contribution in [0.2, 0.25) is 0 Å². The van der Waals surface area contributed by atoms with Gasteiger partial charge in [0.25, 0.3) is 0 Å². The smallest absolute Gasteiger partial charge is 0.145 e. The first kappa shape index (κ1) is 27.0. The van der Waals surface area contributed by atoms with E-state index in [-0.39, 0.29) is 0 Å². The molecule has 6 aromatic carbocycles. The lowest BCUT2D eigenvalue weighted by molar-refractivity contribution is 0.673. The van der Waals surface area contributed by atoms with Gasteiger partial charge in [-0.15, -0.1) is 0 Å². The Morgan fingerprint density at radius 3 is 2.18 bits per heavy atom. The van der Waals surface area contributed by atoms with Crippen molar-refractivity contribution >= 4 is 65.6 Å². The number of aromatic nitrogens is 3. The second-order valence-corrected chi connectivity index (χ2v) is 12.3. The molecule has 0 amide bonds. The first-order chi connectivity index (χ1) is 24.2. The first-order valence-electron chi connectivity index (χ1n) is 16.0. The highest BCUT2D eigenvalue weighted by atomic mass is 16.3. The number of pyridine rings is 1. The largest absolute Gasteiger partial charge is 0.455 e. The predicted octanol–water partition coefficient (Wildman–Crippen LogP) is 10.6. The van der Waals surface area contributed by atoms with Gasteiger partial charge >= 0.3 is 0 Å². The molecule has 10 rings (SSSR count). The third-order valence-corrected chi connectivity index (χ3v) is 9.62. The molecule has 0 aliphatic carbocycles. The number of para-hydroxylation sites is 2. The molecule has 0 bridgehead atoms. The molecule has 0 saturated carbocycles. The van der Waals surface area contributed by atoms with Crippen LogP contribution in [0.5, 0.6) is 0 Å². The van der Waals surface area contributed by atoms with Crippen LogP contribution in [0.15, 0.2) is 144 Å². The number of rotatable bonds is 3. The predicted molar refractivity (Wildman–Crippen MR) is 195 cm³/mol. The molecule has 0 spiro atoms. The molecule has 0 aliphatic rings. The Morgan fingerprint density at radius 2 is 1.29 bits per heavy atom. The Hall–Kier alpha value is -7.15. The van der Waals surface area contributed by atoms with Crippen LogP contribution in [-0.4, -0.2) is 14.1 Å². The van der Waals surface area contributed by atoms with Gasteiger partial charge in [0.05, 0.1) is 56.9 Å². The molecule has 49 heavy (non-hydrogen) atoms. The molecule has 0 saturated heterocycles. The second-order valence-electron chi connectivity index (χ2n) is 12.3. The van der Waals surface area contributed by atoms with E-state index in [1.807, 2.05) is 73.1 Å². The number of nitriles is 2. The van der Waals surface area contributed by atoms with E-state index in [4.69, 9.17) is 4.42 Å². The molecular weight excluding hydrogens is 603 g/mol. The van der Waals surface area contributed by atoms with Crippen molar-refractivity contribution in [3.8, 4) is 34.6 Å². The van der Waals surface area contributed by atoms with Crippen LogP contribution in [0, 0.1) is 22.7 Å². The maximum atomic E-state index is 10.2. The Bertz CT molecular complexity index is 3090.